The van der Waals surface area contributed by atoms with Crippen LogP contribution in [-0.2, 0) is 0 Å². The number of thiophene rings is 1. The van der Waals surface area contributed by atoms with E-state index in [-0.39, 0.29) is 0 Å². The molecule has 0 bridgehead atoms. The lowest BCUT2D eigenvalue weighted by Gasteiger charge is -2.12. The molecule has 0 amide bonds. The molecular weight excluding hydrogens is 308 g/mol. The molecule has 0 saturated carbocycles. The van der Waals surface area contributed by atoms with Gasteiger partial charge in [-0.2, -0.15) is 0 Å². The second kappa shape index (κ2) is 4.84. The van der Waals surface area contributed by atoms with E-state index < -0.39 is 6.10 Å². The van der Waals surface area contributed by atoms with Gasteiger partial charge in [0.25, 0.3) is 0 Å². The third-order valence-corrected chi connectivity index (χ3v) is 4.71. The summed E-state index contributed by atoms with van der Waals surface area (Å²) in [5.74, 6) is 0. The first-order chi connectivity index (χ1) is 8.77. The molecule has 2 aromatic carbocycles. The first-order valence-electron chi connectivity index (χ1n) is 5.66. The average Bonchev–Trinajstić information content (AvgIpc) is 2.82. The summed E-state index contributed by atoms with van der Waals surface area (Å²) < 4.78 is 2.14. The maximum absolute atomic E-state index is 10.5. The van der Waals surface area contributed by atoms with E-state index in [2.05, 4.69) is 28.1 Å². The Bertz CT molecular complexity index is 690. The largest absolute Gasteiger partial charge is 0.384 e. The molecule has 1 nitrogen and oxygen atoms in total. The molecule has 1 N–H and O–H groups in total. The molecule has 1 aromatic heterocycles. The van der Waals surface area contributed by atoms with Crippen molar-refractivity contribution >= 4 is 37.4 Å². The van der Waals surface area contributed by atoms with E-state index in [0.717, 1.165) is 21.0 Å². The van der Waals surface area contributed by atoms with E-state index in [9.17, 15) is 5.11 Å². The molecule has 0 fully saturated rings. The van der Waals surface area contributed by atoms with Gasteiger partial charge in [0.15, 0.2) is 0 Å². The van der Waals surface area contributed by atoms with Crippen LogP contribution in [0.25, 0.3) is 10.1 Å². The SMILES string of the molecule is OC(c1ccccc1Br)c1csc2ccccc12. The molecule has 1 unspecified atom stereocenters. The number of fused-ring (bicyclic) bond motifs is 1. The Morgan fingerprint density at radius 1 is 0.944 bits per heavy atom. The van der Waals surface area contributed by atoms with Gasteiger partial charge in [-0.05, 0) is 28.5 Å². The van der Waals surface area contributed by atoms with E-state index in [0.29, 0.717) is 0 Å². The Morgan fingerprint density at radius 2 is 1.67 bits per heavy atom. The van der Waals surface area contributed by atoms with Gasteiger partial charge in [-0.1, -0.05) is 52.3 Å². The quantitative estimate of drug-likeness (QED) is 0.723. The summed E-state index contributed by atoms with van der Waals surface area (Å²) >= 11 is 5.16. The number of aliphatic hydroxyl groups excluding tert-OH is 1. The summed E-state index contributed by atoms with van der Waals surface area (Å²) in [6.45, 7) is 0. The zero-order valence-electron chi connectivity index (χ0n) is 9.51. The predicted octanol–water partition coefficient (Wildman–Crippen LogP) is 4.75. The summed E-state index contributed by atoms with van der Waals surface area (Å²) in [7, 11) is 0. The van der Waals surface area contributed by atoms with Crippen molar-refractivity contribution in [2.24, 2.45) is 0 Å². The van der Waals surface area contributed by atoms with E-state index in [1.807, 2.05) is 41.8 Å². The lowest BCUT2D eigenvalue weighted by molar-refractivity contribution is 0.221. The molecule has 0 aliphatic carbocycles. The van der Waals surface area contributed by atoms with E-state index in [1.54, 1.807) is 11.3 Å². The Hall–Kier alpha value is -1.16. The first-order valence-corrected chi connectivity index (χ1v) is 7.33. The Morgan fingerprint density at radius 3 is 2.50 bits per heavy atom. The van der Waals surface area contributed by atoms with Crippen molar-refractivity contribution in [3.8, 4) is 0 Å². The van der Waals surface area contributed by atoms with Crippen molar-refractivity contribution in [1.29, 1.82) is 0 Å². The molecule has 18 heavy (non-hydrogen) atoms. The fourth-order valence-electron chi connectivity index (χ4n) is 2.07. The van der Waals surface area contributed by atoms with Crippen molar-refractivity contribution in [3.63, 3.8) is 0 Å². The van der Waals surface area contributed by atoms with Gasteiger partial charge in [0, 0.05) is 14.7 Å². The van der Waals surface area contributed by atoms with Gasteiger partial charge in [-0.25, -0.2) is 0 Å². The Kier molecular flexibility index (Phi) is 3.20. The number of hydrogen-bond acceptors (Lipinski definition) is 2. The van der Waals surface area contributed by atoms with Crippen molar-refractivity contribution in [1.82, 2.24) is 0 Å². The highest BCUT2D eigenvalue weighted by Gasteiger charge is 2.16. The molecule has 90 valence electrons. The molecule has 0 radical (unpaired) electrons. The van der Waals surface area contributed by atoms with Gasteiger partial charge in [0.05, 0.1) is 0 Å². The normalized spacial score (nSPS) is 12.8. The highest BCUT2D eigenvalue weighted by Crippen LogP contribution is 2.35. The average molecular weight is 319 g/mol. The van der Waals surface area contributed by atoms with Gasteiger partial charge in [-0.15, -0.1) is 11.3 Å². The second-order valence-corrected chi connectivity index (χ2v) is 5.88. The van der Waals surface area contributed by atoms with Crippen LogP contribution in [0.2, 0.25) is 0 Å². The highest BCUT2D eigenvalue weighted by molar-refractivity contribution is 9.10. The minimum Gasteiger partial charge on any atom is -0.384 e. The van der Waals surface area contributed by atoms with Crippen LogP contribution in [0.1, 0.15) is 17.2 Å². The van der Waals surface area contributed by atoms with Crippen LogP contribution in [0.4, 0.5) is 0 Å². The van der Waals surface area contributed by atoms with Crippen LogP contribution in [-0.4, -0.2) is 5.11 Å². The summed E-state index contributed by atoms with van der Waals surface area (Å²) in [6, 6.07) is 16.0. The van der Waals surface area contributed by atoms with Crippen molar-refractivity contribution in [2.75, 3.05) is 0 Å². The van der Waals surface area contributed by atoms with Crippen LogP contribution in [0.3, 0.4) is 0 Å². The van der Waals surface area contributed by atoms with E-state index in [4.69, 9.17) is 0 Å². The third-order valence-electron chi connectivity index (χ3n) is 3.01. The van der Waals surface area contributed by atoms with Crippen LogP contribution in [0.15, 0.2) is 58.4 Å². The molecule has 3 heteroatoms. The number of rotatable bonds is 2. The summed E-state index contributed by atoms with van der Waals surface area (Å²) in [4.78, 5) is 0. The third kappa shape index (κ3) is 1.99. The van der Waals surface area contributed by atoms with Crippen molar-refractivity contribution < 1.29 is 5.11 Å². The van der Waals surface area contributed by atoms with Crippen LogP contribution >= 0.6 is 27.3 Å². The molecule has 3 aromatic rings. The lowest BCUT2D eigenvalue weighted by Crippen LogP contribution is -1.99. The smallest absolute Gasteiger partial charge is 0.107 e. The number of aliphatic hydroxyl groups is 1. The molecule has 0 saturated heterocycles. The molecule has 1 heterocycles. The molecule has 1 atom stereocenters. The minimum absolute atomic E-state index is 0.586. The first kappa shape index (κ1) is 11.9. The van der Waals surface area contributed by atoms with E-state index >= 15 is 0 Å². The van der Waals surface area contributed by atoms with Gasteiger partial charge < -0.3 is 5.11 Å². The van der Waals surface area contributed by atoms with Gasteiger partial charge in [0.1, 0.15) is 6.10 Å². The topological polar surface area (TPSA) is 20.2 Å². The van der Waals surface area contributed by atoms with Crippen LogP contribution in [0, 0.1) is 0 Å². The molecular formula is C15H11BrOS. The van der Waals surface area contributed by atoms with E-state index in [1.165, 1.54) is 4.70 Å². The standard InChI is InChI=1S/C15H11BrOS/c16-13-7-3-1-6-11(13)15(17)12-9-18-14-8-4-2-5-10(12)14/h1-9,15,17H. The van der Waals surface area contributed by atoms with Crippen LogP contribution in [0.5, 0.6) is 0 Å². The lowest BCUT2D eigenvalue weighted by atomic mass is 10.0. The highest BCUT2D eigenvalue weighted by atomic mass is 79.9. The maximum Gasteiger partial charge on any atom is 0.107 e. The fourth-order valence-corrected chi connectivity index (χ4v) is 3.56. The van der Waals surface area contributed by atoms with Gasteiger partial charge in [0.2, 0.25) is 0 Å². The van der Waals surface area contributed by atoms with Crippen molar-refractivity contribution in [3.05, 3.63) is 69.5 Å². The zero-order chi connectivity index (χ0) is 12.5. The summed E-state index contributed by atoms with van der Waals surface area (Å²) in [5.41, 5.74) is 1.88. The van der Waals surface area contributed by atoms with Crippen LogP contribution < -0.4 is 0 Å². The summed E-state index contributed by atoms with van der Waals surface area (Å²) in [5, 5.41) is 13.7. The molecule has 0 aliphatic rings. The Balaban J connectivity index is 2.13. The minimum atomic E-state index is -0.586. The molecule has 3 rings (SSSR count). The van der Waals surface area contributed by atoms with Crippen molar-refractivity contribution in [2.45, 2.75) is 6.10 Å². The fraction of sp³-hybridized carbons (Fsp3) is 0.0667. The van der Waals surface area contributed by atoms with Gasteiger partial charge in [-0.3, -0.25) is 0 Å². The number of benzene rings is 2. The van der Waals surface area contributed by atoms with Gasteiger partial charge >= 0.3 is 0 Å². The summed E-state index contributed by atoms with van der Waals surface area (Å²) in [6.07, 6.45) is -0.586. The Labute approximate surface area is 118 Å². The number of hydrogen-bond donors (Lipinski definition) is 1. The zero-order valence-corrected chi connectivity index (χ0v) is 11.9. The molecule has 0 aliphatic heterocycles. The monoisotopic (exact) mass is 318 g/mol. The molecule has 0 spiro atoms. The predicted molar refractivity (Wildman–Crippen MR) is 80.0 cm³/mol. The number of halogens is 1. The maximum atomic E-state index is 10.5. The second-order valence-electron chi connectivity index (χ2n) is 4.11.